The number of aliphatic imine (C=N–C) groups is 1. The number of nitrogens with zero attached hydrogens (tertiary/aromatic N) is 4. The van der Waals surface area contributed by atoms with E-state index in [1.165, 1.54) is 17.4 Å². The lowest BCUT2D eigenvalue weighted by atomic mass is 10.2. The minimum absolute atomic E-state index is 0.170. The molecule has 1 aromatic carbocycles. The van der Waals surface area contributed by atoms with E-state index in [-0.39, 0.29) is 5.91 Å². The van der Waals surface area contributed by atoms with Gasteiger partial charge in [-0.3, -0.25) is 9.78 Å². The zero-order valence-electron chi connectivity index (χ0n) is 13.7. The van der Waals surface area contributed by atoms with Crippen LogP contribution >= 0.6 is 11.8 Å². The first kappa shape index (κ1) is 15.9. The molecule has 0 spiro atoms. The molecule has 1 fully saturated rings. The second-order valence-corrected chi connectivity index (χ2v) is 6.88. The van der Waals surface area contributed by atoms with Crippen molar-refractivity contribution in [1.29, 1.82) is 0 Å². The number of anilines is 1. The summed E-state index contributed by atoms with van der Waals surface area (Å²) in [6, 6.07) is 16.1. The Morgan fingerprint density at radius 3 is 2.36 bits per heavy atom. The standard InChI is InChI=1S/C19H18N4OS/c24-18-17(14-15-6-4-5-9-20-15)25-19(21-18)23-12-10-22(11-13-23)16-7-2-1-3-8-16/h1-9,14H,10-13H2. The first-order valence-electron chi connectivity index (χ1n) is 8.28. The second-order valence-electron chi connectivity index (χ2n) is 5.87. The van der Waals surface area contributed by atoms with Gasteiger partial charge in [-0.05, 0) is 42.1 Å². The molecular weight excluding hydrogens is 332 g/mol. The molecule has 1 aromatic heterocycles. The molecule has 0 atom stereocenters. The lowest BCUT2D eigenvalue weighted by molar-refractivity contribution is -0.113. The van der Waals surface area contributed by atoms with Crippen molar-refractivity contribution in [2.24, 2.45) is 4.99 Å². The Balaban J connectivity index is 1.40. The smallest absolute Gasteiger partial charge is 0.286 e. The Kier molecular flexibility index (Phi) is 4.52. The molecule has 0 saturated carbocycles. The van der Waals surface area contributed by atoms with Gasteiger partial charge in [0.15, 0.2) is 5.17 Å². The number of piperazine rings is 1. The van der Waals surface area contributed by atoms with Crippen molar-refractivity contribution in [2.75, 3.05) is 31.1 Å². The molecule has 0 radical (unpaired) electrons. The fourth-order valence-corrected chi connectivity index (χ4v) is 3.87. The highest BCUT2D eigenvalue weighted by atomic mass is 32.2. The number of amides is 1. The minimum Gasteiger partial charge on any atom is -0.368 e. The van der Waals surface area contributed by atoms with Gasteiger partial charge in [-0.15, -0.1) is 0 Å². The quantitative estimate of drug-likeness (QED) is 0.780. The topological polar surface area (TPSA) is 48.8 Å². The summed E-state index contributed by atoms with van der Waals surface area (Å²) in [5, 5.41) is 0.805. The van der Waals surface area contributed by atoms with Crippen molar-refractivity contribution in [3.8, 4) is 0 Å². The van der Waals surface area contributed by atoms with Crippen molar-refractivity contribution >= 4 is 34.6 Å². The fourth-order valence-electron chi connectivity index (χ4n) is 2.92. The largest absolute Gasteiger partial charge is 0.368 e. The highest BCUT2D eigenvalue weighted by molar-refractivity contribution is 8.18. The molecule has 2 aliphatic rings. The average molecular weight is 350 g/mol. The highest BCUT2D eigenvalue weighted by Gasteiger charge is 2.28. The summed E-state index contributed by atoms with van der Waals surface area (Å²) in [7, 11) is 0. The molecule has 2 aromatic rings. The van der Waals surface area contributed by atoms with Crippen LogP contribution in [-0.2, 0) is 4.79 Å². The predicted molar refractivity (Wildman–Crippen MR) is 102 cm³/mol. The van der Waals surface area contributed by atoms with Crippen molar-refractivity contribution in [3.05, 3.63) is 65.3 Å². The van der Waals surface area contributed by atoms with Crippen LogP contribution in [0.3, 0.4) is 0 Å². The van der Waals surface area contributed by atoms with Crippen molar-refractivity contribution in [1.82, 2.24) is 9.88 Å². The molecule has 126 valence electrons. The van der Waals surface area contributed by atoms with Gasteiger partial charge in [0.25, 0.3) is 5.91 Å². The van der Waals surface area contributed by atoms with Crippen molar-refractivity contribution < 1.29 is 4.79 Å². The number of hydrogen-bond acceptors (Lipinski definition) is 5. The number of benzene rings is 1. The molecule has 1 amide bonds. The maximum absolute atomic E-state index is 12.2. The summed E-state index contributed by atoms with van der Waals surface area (Å²) >= 11 is 1.45. The third-order valence-corrected chi connectivity index (χ3v) is 5.29. The van der Waals surface area contributed by atoms with E-state index in [4.69, 9.17) is 0 Å². The van der Waals surface area contributed by atoms with Crippen LogP contribution in [-0.4, -0.2) is 47.1 Å². The summed E-state index contributed by atoms with van der Waals surface area (Å²) in [5.74, 6) is -0.170. The second kappa shape index (κ2) is 7.11. The van der Waals surface area contributed by atoms with E-state index in [0.717, 1.165) is 37.0 Å². The molecule has 0 N–H and O–H groups in total. The van der Waals surface area contributed by atoms with Gasteiger partial charge in [0, 0.05) is 38.1 Å². The molecule has 3 heterocycles. The summed E-state index contributed by atoms with van der Waals surface area (Å²) in [4.78, 5) is 25.9. The summed E-state index contributed by atoms with van der Waals surface area (Å²) < 4.78 is 0. The van der Waals surface area contributed by atoms with Crippen LogP contribution in [0.2, 0.25) is 0 Å². The van der Waals surface area contributed by atoms with Gasteiger partial charge >= 0.3 is 0 Å². The average Bonchev–Trinajstić information content (AvgIpc) is 3.04. The lowest BCUT2D eigenvalue weighted by Crippen LogP contribution is -2.47. The van der Waals surface area contributed by atoms with E-state index < -0.39 is 0 Å². The van der Waals surface area contributed by atoms with Crippen LogP contribution < -0.4 is 4.90 Å². The number of para-hydroxylation sites is 1. The first-order valence-corrected chi connectivity index (χ1v) is 9.10. The van der Waals surface area contributed by atoms with Crippen LogP contribution in [0.25, 0.3) is 6.08 Å². The summed E-state index contributed by atoms with van der Waals surface area (Å²) in [6.45, 7) is 3.59. The van der Waals surface area contributed by atoms with E-state index >= 15 is 0 Å². The van der Waals surface area contributed by atoms with Crippen LogP contribution in [0.4, 0.5) is 5.69 Å². The number of hydrogen-bond donors (Lipinski definition) is 0. The van der Waals surface area contributed by atoms with Crippen molar-refractivity contribution in [2.45, 2.75) is 0 Å². The molecule has 2 aliphatic heterocycles. The number of pyridine rings is 1. The van der Waals surface area contributed by atoms with Crippen LogP contribution in [0.1, 0.15) is 5.69 Å². The van der Waals surface area contributed by atoms with E-state index in [0.29, 0.717) is 4.91 Å². The van der Waals surface area contributed by atoms with Crippen LogP contribution in [0.5, 0.6) is 0 Å². The van der Waals surface area contributed by atoms with Gasteiger partial charge in [-0.1, -0.05) is 24.3 Å². The number of carbonyl (C=O) groups is 1. The summed E-state index contributed by atoms with van der Waals surface area (Å²) in [5.41, 5.74) is 2.03. The predicted octanol–water partition coefficient (Wildman–Crippen LogP) is 2.87. The molecule has 0 aliphatic carbocycles. The Morgan fingerprint density at radius 1 is 0.920 bits per heavy atom. The molecule has 6 heteroatoms. The normalized spacial score (nSPS) is 19.4. The molecule has 25 heavy (non-hydrogen) atoms. The zero-order valence-corrected chi connectivity index (χ0v) is 14.5. The van der Waals surface area contributed by atoms with Gasteiger partial charge in [0.1, 0.15) is 0 Å². The van der Waals surface area contributed by atoms with Gasteiger partial charge in [-0.25, -0.2) is 0 Å². The molecule has 5 nitrogen and oxygen atoms in total. The Morgan fingerprint density at radius 2 is 1.64 bits per heavy atom. The van der Waals surface area contributed by atoms with Crippen LogP contribution in [0, 0.1) is 0 Å². The van der Waals surface area contributed by atoms with E-state index in [9.17, 15) is 4.79 Å². The first-order chi connectivity index (χ1) is 12.3. The third-order valence-electron chi connectivity index (χ3n) is 4.25. The lowest BCUT2D eigenvalue weighted by Gasteiger charge is -2.36. The molecule has 0 bridgehead atoms. The molecule has 1 saturated heterocycles. The molecule has 4 rings (SSSR count). The van der Waals surface area contributed by atoms with Gasteiger partial charge < -0.3 is 9.80 Å². The summed E-state index contributed by atoms with van der Waals surface area (Å²) in [6.07, 6.45) is 3.53. The van der Waals surface area contributed by atoms with Gasteiger partial charge in [-0.2, -0.15) is 4.99 Å². The van der Waals surface area contributed by atoms with E-state index in [1.807, 2.05) is 30.3 Å². The maximum Gasteiger partial charge on any atom is 0.286 e. The van der Waals surface area contributed by atoms with Crippen LogP contribution in [0.15, 0.2) is 64.6 Å². The zero-order chi connectivity index (χ0) is 17.1. The van der Waals surface area contributed by atoms with E-state index in [1.54, 1.807) is 6.20 Å². The Hall–Kier alpha value is -2.60. The maximum atomic E-state index is 12.2. The Labute approximate surface area is 151 Å². The van der Waals surface area contributed by atoms with Crippen molar-refractivity contribution in [3.63, 3.8) is 0 Å². The van der Waals surface area contributed by atoms with Gasteiger partial charge in [0.2, 0.25) is 0 Å². The number of amidine groups is 1. The molecular formula is C19H18N4OS. The minimum atomic E-state index is -0.170. The number of carbonyl (C=O) groups excluding carboxylic acids is 1. The monoisotopic (exact) mass is 350 g/mol. The number of aromatic nitrogens is 1. The SMILES string of the molecule is O=C1N=C(N2CCN(c3ccccc3)CC2)SC1=Cc1ccccn1. The number of rotatable bonds is 2. The Bertz CT molecular complexity index is 812. The highest BCUT2D eigenvalue weighted by Crippen LogP contribution is 2.30. The van der Waals surface area contributed by atoms with Gasteiger partial charge in [0.05, 0.1) is 10.6 Å². The number of thioether (sulfide) groups is 1. The van der Waals surface area contributed by atoms with E-state index in [2.05, 4.69) is 44.0 Å². The fraction of sp³-hybridized carbons (Fsp3) is 0.211. The third kappa shape index (κ3) is 3.58. The molecule has 0 unspecified atom stereocenters.